The van der Waals surface area contributed by atoms with Gasteiger partial charge in [0.25, 0.3) is 0 Å². The van der Waals surface area contributed by atoms with Crippen molar-refractivity contribution in [2.75, 3.05) is 13.1 Å². The highest BCUT2D eigenvalue weighted by Crippen LogP contribution is 2.22. The fraction of sp³-hybridized carbons (Fsp3) is 0.786. The van der Waals surface area contributed by atoms with Crippen LogP contribution in [0.1, 0.15) is 40.5 Å². The molecule has 1 rings (SSSR count). The Bertz CT molecular complexity index is 338. The molecule has 1 aliphatic rings. The van der Waals surface area contributed by atoms with Crippen molar-refractivity contribution >= 4 is 6.09 Å². The molecule has 0 aromatic carbocycles. The van der Waals surface area contributed by atoms with Crippen LogP contribution in [0.2, 0.25) is 0 Å². The Morgan fingerprint density at radius 2 is 2.21 bits per heavy atom. The molecule has 1 saturated heterocycles. The van der Waals surface area contributed by atoms with Crippen molar-refractivity contribution in [2.45, 2.75) is 57.9 Å². The summed E-state index contributed by atoms with van der Waals surface area (Å²) in [5.74, 6) is 0. The lowest BCUT2D eigenvalue weighted by Crippen LogP contribution is -2.59. The van der Waals surface area contributed by atoms with E-state index in [-0.39, 0.29) is 5.54 Å². The molecule has 0 aliphatic carbocycles. The molecule has 0 radical (unpaired) electrons. The van der Waals surface area contributed by atoms with Crippen LogP contribution >= 0.6 is 0 Å². The van der Waals surface area contributed by atoms with E-state index in [1.165, 1.54) is 6.08 Å². The second-order valence-corrected chi connectivity index (χ2v) is 6.41. The maximum atomic E-state index is 11.8. The normalized spacial score (nSPS) is 26.6. The number of alkyl carbamates (subject to hydrolysis) is 1. The van der Waals surface area contributed by atoms with E-state index in [0.717, 1.165) is 19.4 Å². The summed E-state index contributed by atoms with van der Waals surface area (Å²) >= 11 is 0. The first-order chi connectivity index (χ1) is 8.65. The quantitative estimate of drug-likeness (QED) is 0.769. The van der Waals surface area contributed by atoms with Crippen molar-refractivity contribution < 1.29 is 14.6 Å². The minimum absolute atomic E-state index is 0.384. The van der Waals surface area contributed by atoms with Crippen LogP contribution in [0.3, 0.4) is 0 Å². The average Bonchev–Trinajstić information content (AvgIpc) is 2.24. The Balaban J connectivity index is 2.60. The fourth-order valence-electron chi connectivity index (χ4n) is 2.31. The Hall–Kier alpha value is -1.07. The first-order valence-electron chi connectivity index (χ1n) is 6.71. The van der Waals surface area contributed by atoms with Crippen molar-refractivity contribution in [3.8, 4) is 0 Å². The fourth-order valence-corrected chi connectivity index (χ4v) is 2.31. The number of hydrogen-bond acceptors (Lipinski definition) is 4. The maximum absolute atomic E-state index is 11.8. The van der Waals surface area contributed by atoms with Gasteiger partial charge in [0.05, 0.1) is 5.54 Å². The van der Waals surface area contributed by atoms with Gasteiger partial charge in [0.2, 0.25) is 0 Å². The van der Waals surface area contributed by atoms with Gasteiger partial charge in [0.15, 0.2) is 0 Å². The summed E-state index contributed by atoms with van der Waals surface area (Å²) in [5.41, 5.74) is -0.889. The lowest BCUT2D eigenvalue weighted by molar-refractivity contribution is -0.00608. The number of hydrogen-bond donors (Lipinski definition) is 2. The van der Waals surface area contributed by atoms with E-state index < -0.39 is 17.9 Å². The molecule has 2 N–H and O–H groups in total. The second kappa shape index (κ2) is 5.92. The van der Waals surface area contributed by atoms with Gasteiger partial charge in [0.1, 0.15) is 11.8 Å². The van der Waals surface area contributed by atoms with Gasteiger partial charge in [-0.2, -0.15) is 0 Å². The molecule has 0 spiro atoms. The molecule has 110 valence electrons. The van der Waals surface area contributed by atoms with E-state index in [9.17, 15) is 9.90 Å². The van der Waals surface area contributed by atoms with Gasteiger partial charge in [-0.3, -0.25) is 4.90 Å². The summed E-state index contributed by atoms with van der Waals surface area (Å²) in [5, 5.41) is 12.7. The third kappa shape index (κ3) is 5.20. The van der Waals surface area contributed by atoms with Crippen LogP contribution < -0.4 is 5.32 Å². The highest BCUT2D eigenvalue weighted by Gasteiger charge is 2.35. The number of likely N-dealkylation sites (tertiary alicyclic amines) is 1. The van der Waals surface area contributed by atoms with Gasteiger partial charge < -0.3 is 15.2 Å². The average molecular weight is 270 g/mol. The number of aliphatic hydroxyl groups is 1. The van der Waals surface area contributed by atoms with Crippen LogP contribution in [0.5, 0.6) is 0 Å². The van der Waals surface area contributed by atoms with E-state index in [1.807, 2.05) is 32.6 Å². The summed E-state index contributed by atoms with van der Waals surface area (Å²) in [4.78, 5) is 13.7. The van der Waals surface area contributed by atoms with Crippen LogP contribution in [-0.4, -0.2) is 46.6 Å². The van der Waals surface area contributed by atoms with E-state index >= 15 is 0 Å². The molecule has 1 fully saturated rings. The van der Waals surface area contributed by atoms with Gasteiger partial charge in [-0.25, -0.2) is 4.79 Å². The number of amides is 1. The molecule has 19 heavy (non-hydrogen) atoms. The number of nitrogens with zero attached hydrogens (tertiary/aromatic N) is 1. The Morgan fingerprint density at radius 3 is 2.74 bits per heavy atom. The number of rotatable bonds is 3. The molecule has 0 aromatic heterocycles. The van der Waals surface area contributed by atoms with Crippen molar-refractivity contribution in [3.05, 3.63) is 12.7 Å². The molecule has 5 heteroatoms. The van der Waals surface area contributed by atoms with Gasteiger partial charge in [-0.05, 0) is 46.6 Å². The number of carbonyl (C=O) groups excluding carboxylic acids is 1. The number of carbonyl (C=O) groups is 1. The highest BCUT2D eigenvalue weighted by molar-refractivity contribution is 5.68. The summed E-state index contributed by atoms with van der Waals surface area (Å²) in [7, 11) is 0. The summed E-state index contributed by atoms with van der Waals surface area (Å²) in [6.45, 7) is 12.5. The number of aliphatic hydroxyl groups excluding tert-OH is 1. The van der Waals surface area contributed by atoms with Crippen molar-refractivity contribution in [3.63, 3.8) is 0 Å². The molecule has 1 aliphatic heterocycles. The zero-order valence-corrected chi connectivity index (χ0v) is 12.4. The minimum atomic E-state index is -0.667. The monoisotopic (exact) mass is 270 g/mol. The van der Waals surface area contributed by atoms with Gasteiger partial charge in [0, 0.05) is 13.1 Å². The van der Waals surface area contributed by atoms with Crippen LogP contribution in [0.4, 0.5) is 4.79 Å². The topological polar surface area (TPSA) is 61.8 Å². The smallest absolute Gasteiger partial charge is 0.408 e. The second-order valence-electron chi connectivity index (χ2n) is 6.41. The third-order valence-corrected chi connectivity index (χ3v) is 3.11. The standard InChI is InChI=1S/C14H26N2O3/c1-6-11(17)16-9-7-8-14(5,10-16)15-12(18)19-13(2,3)4/h6,11,17H,1,7-10H2,2-5H3,(H,15,18)/t11-,14-/m1/s1. The van der Waals surface area contributed by atoms with Crippen LogP contribution in [0.15, 0.2) is 12.7 Å². The number of ether oxygens (including phenoxy) is 1. The molecule has 0 unspecified atom stereocenters. The highest BCUT2D eigenvalue weighted by atomic mass is 16.6. The first-order valence-corrected chi connectivity index (χ1v) is 6.71. The van der Waals surface area contributed by atoms with Gasteiger partial charge >= 0.3 is 6.09 Å². The largest absolute Gasteiger partial charge is 0.444 e. The molecule has 0 saturated carbocycles. The predicted octanol–water partition coefficient (Wildman–Crippen LogP) is 1.87. The van der Waals surface area contributed by atoms with E-state index in [1.54, 1.807) is 0 Å². The molecule has 1 amide bonds. The summed E-state index contributed by atoms with van der Waals surface area (Å²) in [6.07, 6.45) is 2.20. The lowest BCUT2D eigenvalue weighted by atomic mass is 9.91. The van der Waals surface area contributed by atoms with Crippen molar-refractivity contribution in [1.29, 1.82) is 0 Å². The summed E-state index contributed by atoms with van der Waals surface area (Å²) < 4.78 is 5.28. The molecular formula is C14H26N2O3. The molecule has 5 nitrogen and oxygen atoms in total. The van der Waals surface area contributed by atoms with E-state index in [4.69, 9.17) is 4.74 Å². The molecular weight excluding hydrogens is 244 g/mol. The Labute approximate surface area is 115 Å². The van der Waals surface area contributed by atoms with E-state index in [0.29, 0.717) is 6.54 Å². The number of nitrogens with one attached hydrogen (secondary N) is 1. The Morgan fingerprint density at radius 1 is 1.58 bits per heavy atom. The number of piperidine rings is 1. The zero-order chi connectivity index (χ0) is 14.7. The van der Waals surface area contributed by atoms with Crippen LogP contribution in [0, 0.1) is 0 Å². The lowest BCUT2D eigenvalue weighted by Gasteiger charge is -2.42. The Kier molecular flexibility index (Phi) is 4.98. The van der Waals surface area contributed by atoms with Crippen molar-refractivity contribution in [1.82, 2.24) is 10.2 Å². The van der Waals surface area contributed by atoms with E-state index in [2.05, 4.69) is 11.9 Å². The van der Waals surface area contributed by atoms with Gasteiger partial charge in [-0.1, -0.05) is 6.58 Å². The van der Waals surface area contributed by atoms with Crippen LogP contribution in [-0.2, 0) is 4.74 Å². The SMILES string of the molecule is C=C[C@@H](O)N1CCC[C@@](C)(NC(=O)OC(C)(C)C)C1. The first kappa shape index (κ1) is 16.0. The molecule has 1 heterocycles. The zero-order valence-electron chi connectivity index (χ0n) is 12.4. The maximum Gasteiger partial charge on any atom is 0.408 e. The predicted molar refractivity (Wildman–Crippen MR) is 74.8 cm³/mol. The minimum Gasteiger partial charge on any atom is -0.444 e. The van der Waals surface area contributed by atoms with Crippen molar-refractivity contribution in [2.24, 2.45) is 0 Å². The molecule has 0 bridgehead atoms. The van der Waals surface area contributed by atoms with Crippen LogP contribution in [0.25, 0.3) is 0 Å². The van der Waals surface area contributed by atoms with Gasteiger partial charge in [-0.15, -0.1) is 0 Å². The third-order valence-electron chi connectivity index (χ3n) is 3.11. The summed E-state index contributed by atoms with van der Waals surface area (Å²) in [6, 6.07) is 0. The molecule has 2 atom stereocenters. The molecule has 0 aromatic rings.